The highest BCUT2D eigenvalue weighted by Crippen LogP contribution is 2.23. The molecule has 3 heteroatoms. The van der Waals surface area contributed by atoms with Gasteiger partial charge in [0.15, 0.2) is 0 Å². The van der Waals surface area contributed by atoms with Crippen LogP contribution in [0.25, 0.3) is 0 Å². The number of carboxylic acid groups (broad SMARTS) is 1. The van der Waals surface area contributed by atoms with Crippen LogP contribution in [0, 0.1) is 6.92 Å². The highest BCUT2D eigenvalue weighted by atomic mass is 16.4. The van der Waals surface area contributed by atoms with Gasteiger partial charge in [-0.2, -0.15) is 0 Å². The molecule has 1 aliphatic rings. The molecule has 0 aromatic heterocycles. The average molecular weight is 217 g/mol. The van der Waals surface area contributed by atoms with Crippen LogP contribution in [-0.4, -0.2) is 24.2 Å². The molecule has 0 spiro atoms. The number of hydrogen-bond donors (Lipinski definition) is 1. The van der Waals surface area contributed by atoms with Crippen molar-refractivity contribution in [3.63, 3.8) is 0 Å². The second kappa shape index (κ2) is 4.39. The molecule has 3 nitrogen and oxygen atoms in total. The Labute approximate surface area is 95.0 Å². The summed E-state index contributed by atoms with van der Waals surface area (Å²) in [4.78, 5) is 13.3. The van der Waals surface area contributed by atoms with Crippen molar-refractivity contribution in [2.45, 2.75) is 13.3 Å². The van der Waals surface area contributed by atoms with E-state index in [1.807, 2.05) is 19.1 Å². The van der Waals surface area contributed by atoms with Crippen LogP contribution in [0.15, 0.2) is 30.4 Å². The fourth-order valence-corrected chi connectivity index (χ4v) is 1.96. The maximum atomic E-state index is 11.2. The van der Waals surface area contributed by atoms with Crippen LogP contribution in [0.3, 0.4) is 0 Å². The third kappa shape index (κ3) is 2.08. The topological polar surface area (TPSA) is 40.5 Å². The van der Waals surface area contributed by atoms with E-state index in [1.165, 1.54) is 0 Å². The molecule has 1 aromatic carbocycles. The molecule has 0 fully saturated rings. The summed E-state index contributed by atoms with van der Waals surface area (Å²) >= 11 is 0. The summed E-state index contributed by atoms with van der Waals surface area (Å²) in [6.45, 7) is 3.59. The summed E-state index contributed by atoms with van der Waals surface area (Å²) in [5, 5.41) is 9.18. The second-order valence-electron chi connectivity index (χ2n) is 4.03. The molecule has 16 heavy (non-hydrogen) atoms. The summed E-state index contributed by atoms with van der Waals surface area (Å²) < 4.78 is 0. The maximum absolute atomic E-state index is 11.2. The predicted octanol–water partition coefficient (Wildman–Crippen LogP) is 2.46. The highest BCUT2D eigenvalue weighted by molar-refractivity contribution is 5.94. The fourth-order valence-electron chi connectivity index (χ4n) is 1.96. The van der Waals surface area contributed by atoms with Crippen LogP contribution in [-0.2, 0) is 0 Å². The predicted molar refractivity (Wildman–Crippen MR) is 64.1 cm³/mol. The molecule has 0 saturated carbocycles. The molecule has 0 aliphatic carbocycles. The summed E-state index contributed by atoms with van der Waals surface area (Å²) in [5.41, 5.74) is 2.20. The SMILES string of the molecule is Cc1ccc(N2CC=CCC2)c(C(=O)O)c1. The fraction of sp³-hybridized carbons (Fsp3) is 0.308. The molecule has 1 N–H and O–H groups in total. The van der Waals surface area contributed by atoms with Gasteiger partial charge in [0.1, 0.15) is 0 Å². The van der Waals surface area contributed by atoms with Gasteiger partial charge in [-0.05, 0) is 25.5 Å². The Bertz CT molecular complexity index is 438. The lowest BCUT2D eigenvalue weighted by Crippen LogP contribution is -2.28. The molecule has 1 aliphatic heterocycles. The Morgan fingerprint density at radius 2 is 2.19 bits per heavy atom. The molecule has 0 saturated heterocycles. The van der Waals surface area contributed by atoms with Crippen molar-refractivity contribution >= 4 is 11.7 Å². The minimum Gasteiger partial charge on any atom is -0.478 e. The molecule has 0 bridgehead atoms. The van der Waals surface area contributed by atoms with E-state index >= 15 is 0 Å². The Kier molecular flexibility index (Phi) is 2.95. The van der Waals surface area contributed by atoms with E-state index in [4.69, 9.17) is 0 Å². The van der Waals surface area contributed by atoms with Crippen molar-refractivity contribution in [3.8, 4) is 0 Å². The summed E-state index contributed by atoms with van der Waals surface area (Å²) in [6, 6.07) is 5.59. The Morgan fingerprint density at radius 1 is 1.38 bits per heavy atom. The zero-order valence-corrected chi connectivity index (χ0v) is 9.31. The zero-order chi connectivity index (χ0) is 11.5. The van der Waals surface area contributed by atoms with Crippen LogP contribution in [0.5, 0.6) is 0 Å². The number of nitrogens with zero attached hydrogens (tertiary/aromatic N) is 1. The van der Waals surface area contributed by atoms with Crippen molar-refractivity contribution in [3.05, 3.63) is 41.5 Å². The number of carbonyl (C=O) groups is 1. The van der Waals surface area contributed by atoms with Gasteiger partial charge in [-0.25, -0.2) is 4.79 Å². The number of hydrogen-bond acceptors (Lipinski definition) is 2. The van der Waals surface area contributed by atoms with Gasteiger partial charge in [-0.3, -0.25) is 0 Å². The van der Waals surface area contributed by atoms with Gasteiger partial charge in [-0.15, -0.1) is 0 Å². The number of aryl methyl sites for hydroxylation is 1. The van der Waals surface area contributed by atoms with Crippen molar-refractivity contribution < 1.29 is 9.90 Å². The quantitative estimate of drug-likeness (QED) is 0.773. The Morgan fingerprint density at radius 3 is 2.81 bits per heavy atom. The second-order valence-corrected chi connectivity index (χ2v) is 4.03. The average Bonchev–Trinajstić information content (AvgIpc) is 2.30. The van der Waals surface area contributed by atoms with Gasteiger partial charge in [-0.1, -0.05) is 23.8 Å². The Hall–Kier alpha value is -1.77. The lowest BCUT2D eigenvalue weighted by molar-refractivity contribution is 0.0697. The highest BCUT2D eigenvalue weighted by Gasteiger charge is 2.16. The van der Waals surface area contributed by atoms with Crippen molar-refractivity contribution in [2.24, 2.45) is 0 Å². The Balaban J connectivity index is 2.39. The summed E-state index contributed by atoms with van der Waals surface area (Å²) in [7, 11) is 0. The number of carboxylic acids is 1. The monoisotopic (exact) mass is 217 g/mol. The van der Waals surface area contributed by atoms with Crippen LogP contribution in [0.1, 0.15) is 22.3 Å². The van der Waals surface area contributed by atoms with E-state index in [1.54, 1.807) is 6.07 Å². The van der Waals surface area contributed by atoms with E-state index in [-0.39, 0.29) is 0 Å². The molecular weight excluding hydrogens is 202 g/mol. The van der Waals surface area contributed by atoms with Crippen LogP contribution in [0.4, 0.5) is 5.69 Å². The normalized spacial score (nSPS) is 15.2. The number of aromatic carboxylic acids is 1. The van der Waals surface area contributed by atoms with E-state index in [9.17, 15) is 9.90 Å². The first kappa shape index (κ1) is 10.7. The molecule has 0 amide bonds. The first-order chi connectivity index (χ1) is 7.68. The number of benzene rings is 1. The summed E-state index contributed by atoms with van der Waals surface area (Å²) in [5.74, 6) is -0.853. The maximum Gasteiger partial charge on any atom is 0.337 e. The lowest BCUT2D eigenvalue weighted by atomic mass is 10.1. The molecule has 0 radical (unpaired) electrons. The molecule has 84 valence electrons. The zero-order valence-electron chi connectivity index (χ0n) is 9.31. The molecule has 1 heterocycles. The van der Waals surface area contributed by atoms with E-state index in [2.05, 4.69) is 17.1 Å². The lowest BCUT2D eigenvalue weighted by Gasteiger charge is -2.27. The van der Waals surface area contributed by atoms with Gasteiger partial charge in [0.25, 0.3) is 0 Å². The largest absolute Gasteiger partial charge is 0.478 e. The van der Waals surface area contributed by atoms with E-state index in [0.29, 0.717) is 5.56 Å². The number of rotatable bonds is 2. The van der Waals surface area contributed by atoms with Crippen LogP contribution < -0.4 is 4.90 Å². The molecular formula is C13H15NO2. The first-order valence-corrected chi connectivity index (χ1v) is 5.42. The third-order valence-corrected chi connectivity index (χ3v) is 2.78. The molecule has 2 rings (SSSR count). The minimum absolute atomic E-state index is 0.398. The van der Waals surface area contributed by atoms with Crippen molar-refractivity contribution in [1.29, 1.82) is 0 Å². The van der Waals surface area contributed by atoms with Crippen LogP contribution >= 0.6 is 0 Å². The van der Waals surface area contributed by atoms with Crippen molar-refractivity contribution in [2.75, 3.05) is 18.0 Å². The molecule has 1 aromatic rings. The molecule has 0 atom stereocenters. The van der Waals surface area contributed by atoms with Crippen molar-refractivity contribution in [1.82, 2.24) is 0 Å². The third-order valence-electron chi connectivity index (χ3n) is 2.78. The van der Waals surface area contributed by atoms with Gasteiger partial charge in [0.2, 0.25) is 0 Å². The van der Waals surface area contributed by atoms with E-state index in [0.717, 1.165) is 30.8 Å². The summed E-state index contributed by atoms with van der Waals surface area (Å²) in [6.07, 6.45) is 5.19. The standard InChI is InChI=1S/C13H15NO2/c1-10-5-6-12(11(9-10)13(15)16)14-7-3-2-4-8-14/h2-3,5-6,9H,4,7-8H2,1H3,(H,15,16). The van der Waals surface area contributed by atoms with Gasteiger partial charge in [0, 0.05) is 13.1 Å². The van der Waals surface area contributed by atoms with Gasteiger partial charge in [0.05, 0.1) is 11.3 Å². The van der Waals surface area contributed by atoms with Crippen LogP contribution in [0.2, 0.25) is 0 Å². The smallest absolute Gasteiger partial charge is 0.337 e. The van der Waals surface area contributed by atoms with Gasteiger partial charge < -0.3 is 10.0 Å². The van der Waals surface area contributed by atoms with E-state index < -0.39 is 5.97 Å². The first-order valence-electron chi connectivity index (χ1n) is 5.42. The molecule has 0 unspecified atom stereocenters. The van der Waals surface area contributed by atoms with Gasteiger partial charge >= 0.3 is 5.97 Å². The minimum atomic E-state index is -0.853. The number of anilines is 1.